The highest BCUT2D eigenvalue weighted by Gasteiger charge is 1.91. The van der Waals surface area contributed by atoms with Crippen LogP contribution in [0.2, 0.25) is 0 Å². The number of pyridine rings is 1. The fraction of sp³-hybridized carbons (Fsp3) is 0.375. The molecule has 0 saturated carbocycles. The maximum Gasteiger partial charge on any atom is 0.213 e. The van der Waals surface area contributed by atoms with Gasteiger partial charge in [-0.1, -0.05) is 6.07 Å². The summed E-state index contributed by atoms with van der Waals surface area (Å²) < 4.78 is 9.68. The van der Waals surface area contributed by atoms with E-state index in [2.05, 4.69) is 9.72 Å². The van der Waals surface area contributed by atoms with Crippen molar-refractivity contribution < 1.29 is 14.6 Å². The van der Waals surface area contributed by atoms with Crippen LogP contribution >= 0.6 is 0 Å². The molecule has 4 nitrogen and oxygen atoms in total. The van der Waals surface area contributed by atoms with Gasteiger partial charge in [0.1, 0.15) is 6.61 Å². The van der Waals surface area contributed by atoms with Crippen LogP contribution in [-0.2, 0) is 9.84 Å². The average Bonchev–Trinajstić information content (AvgIpc) is 2.14. The zero-order chi connectivity index (χ0) is 8.65. The van der Waals surface area contributed by atoms with Crippen LogP contribution in [0.1, 0.15) is 0 Å². The second-order valence-electron chi connectivity index (χ2n) is 2.04. The van der Waals surface area contributed by atoms with Crippen LogP contribution in [0.5, 0.6) is 5.88 Å². The molecule has 0 aliphatic heterocycles. The van der Waals surface area contributed by atoms with Gasteiger partial charge in [-0.25, -0.2) is 10.1 Å². The third-order valence-electron chi connectivity index (χ3n) is 1.20. The number of hydrogen-bond donors (Lipinski definition) is 0. The number of ether oxygens (including phenoxy) is 2. The summed E-state index contributed by atoms with van der Waals surface area (Å²) in [5.41, 5.74) is 0. The first-order chi connectivity index (χ1) is 5.93. The normalized spacial score (nSPS) is 9.75. The smallest absolute Gasteiger partial charge is 0.213 e. The fourth-order valence-corrected chi connectivity index (χ4v) is 0.697. The molecule has 1 radical (unpaired) electrons. The zero-order valence-electron chi connectivity index (χ0n) is 6.60. The molecular weight excluding hydrogens is 158 g/mol. The molecule has 0 bridgehead atoms. The Labute approximate surface area is 70.8 Å². The maximum absolute atomic E-state index is 9.85. The molecule has 0 aliphatic carbocycles. The predicted octanol–water partition coefficient (Wildman–Crippen LogP) is 0.865. The topological polar surface area (TPSA) is 51.2 Å². The van der Waals surface area contributed by atoms with E-state index in [9.17, 15) is 5.11 Å². The van der Waals surface area contributed by atoms with Crippen LogP contribution in [0, 0.1) is 0 Å². The summed E-state index contributed by atoms with van der Waals surface area (Å²) in [6.45, 7) is 0.144. The van der Waals surface area contributed by atoms with Gasteiger partial charge in [-0.3, -0.25) is 0 Å². The van der Waals surface area contributed by atoms with E-state index in [0.29, 0.717) is 19.1 Å². The molecule has 1 aromatic heterocycles. The summed E-state index contributed by atoms with van der Waals surface area (Å²) in [5, 5.41) is 9.85. The van der Waals surface area contributed by atoms with Gasteiger partial charge in [0.2, 0.25) is 5.88 Å². The van der Waals surface area contributed by atoms with Crippen molar-refractivity contribution in [3.63, 3.8) is 0 Å². The van der Waals surface area contributed by atoms with Crippen molar-refractivity contribution in [2.75, 3.05) is 20.0 Å². The largest absolute Gasteiger partial charge is 0.475 e. The van der Waals surface area contributed by atoms with Crippen molar-refractivity contribution in [1.29, 1.82) is 0 Å². The van der Waals surface area contributed by atoms with Crippen molar-refractivity contribution in [3.05, 3.63) is 24.4 Å². The summed E-state index contributed by atoms with van der Waals surface area (Å²) in [7, 11) is 0. The second-order valence-corrected chi connectivity index (χ2v) is 2.04. The minimum atomic E-state index is -0.522. The third-order valence-corrected chi connectivity index (χ3v) is 1.20. The zero-order valence-corrected chi connectivity index (χ0v) is 6.60. The van der Waals surface area contributed by atoms with Crippen molar-refractivity contribution >= 4 is 0 Å². The minimum absolute atomic E-state index is 0.306. The van der Waals surface area contributed by atoms with Crippen molar-refractivity contribution in [3.8, 4) is 5.88 Å². The van der Waals surface area contributed by atoms with E-state index >= 15 is 0 Å². The first-order valence-electron chi connectivity index (χ1n) is 3.63. The Hall–Kier alpha value is -1.13. The molecule has 0 amide bonds. The van der Waals surface area contributed by atoms with E-state index in [0.717, 1.165) is 0 Å². The quantitative estimate of drug-likeness (QED) is 0.484. The van der Waals surface area contributed by atoms with E-state index in [1.807, 2.05) is 6.07 Å². The van der Waals surface area contributed by atoms with E-state index < -0.39 is 6.79 Å². The van der Waals surface area contributed by atoms with E-state index in [4.69, 9.17) is 4.74 Å². The number of aromatic nitrogens is 1. The Bertz CT molecular complexity index is 203. The average molecular weight is 168 g/mol. The SMILES string of the molecule is [O]COCCOc1ccccn1. The summed E-state index contributed by atoms with van der Waals surface area (Å²) in [4.78, 5) is 3.92. The lowest BCUT2D eigenvalue weighted by molar-refractivity contribution is -0.0515. The molecule has 1 rings (SSSR count). The first-order valence-corrected chi connectivity index (χ1v) is 3.63. The van der Waals surface area contributed by atoms with Gasteiger partial charge in [0.15, 0.2) is 6.79 Å². The van der Waals surface area contributed by atoms with Gasteiger partial charge in [-0.05, 0) is 6.07 Å². The lowest BCUT2D eigenvalue weighted by Crippen LogP contribution is -2.07. The van der Waals surface area contributed by atoms with Gasteiger partial charge in [-0.15, -0.1) is 0 Å². The van der Waals surface area contributed by atoms with Gasteiger partial charge in [0.05, 0.1) is 6.61 Å². The van der Waals surface area contributed by atoms with E-state index in [1.165, 1.54) is 0 Å². The van der Waals surface area contributed by atoms with Crippen LogP contribution in [0.3, 0.4) is 0 Å². The predicted molar refractivity (Wildman–Crippen MR) is 41.2 cm³/mol. The van der Waals surface area contributed by atoms with Crippen molar-refractivity contribution in [2.24, 2.45) is 0 Å². The number of rotatable bonds is 5. The van der Waals surface area contributed by atoms with Gasteiger partial charge < -0.3 is 9.47 Å². The highest BCUT2D eigenvalue weighted by atomic mass is 16.6. The molecule has 0 N–H and O–H groups in total. The van der Waals surface area contributed by atoms with E-state index in [-0.39, 0.29) is 0 Å². The van der Waals surface area contributed by atoms with E-state index in [1.54, 1.807) is 18.3 Å². The molecular formula is C8H10NO3. The monoisotopic (exact) mass is 168 g/mol. The highest BCUT2D eigenvalue weighted by Crippen LogP contribution is 2.01. The lowest BCUT2D eigenvalue weighted by Gasteiger charge is -2.02. The first kappa shape index (κ1) is 8.96. The van der Waals surface area contributed by atoms with Crippen molar-refractivity contribution in [2.45, 2.75) is 0 Å². The molecule has 1 heterocycles. The minimum Gasteiger partial charge on any atom is -0.475 e. The molecule has 12 heavy (non-hydrogen) atoms. The molecule has 1 aromatic rings. The van der Waals surface area contributed by atoms with Gasteiger partial charge in [-0.2, -0.15) is 0 Å². The third kappa shape index (κ3) is 3.32. The Balaban J connectivity index is 2.16. The molecule has 0 spiro atoms. The van der Waals surface area contributed by atoms with Crippen LogP contribution in [0.4, 0.5) is 0 Å². The van der Waals surface area contributed by atoms with Gasteiger partial charge in [0.25, 0.3) is 0 Å². The van der Waals surface area contributed by atoms with Gasteiger partial charge in [0, 0.05) is 12.3 Å². The molecule has 0 atom stereocenters. The van der Waals surface area contributed by atoms with Crippen molar-refractivity contribution in [1.82, 2.24) is 4.98 Å². The fourth-order valence-electron chi connectivity index (χ4n) is 0.697. The molecule has 0 aromatic carbocycles. The Morgan fingerprint density at radius 1 is 1.33 bits per heavy atom. The number of hydrogen-bond acceptors (Lipinski definition) is 3. The standard InChI is InChI=1S/C8H10NO3/c10-7-11-5-6-12-8-3-1-2-4-9-8/h1-4H,5-7H2. The van der Waals surface area contributed by atoms with Crippen LogP contribution in [0.25, 0.3) is 0 Å². The molecule has 4 heteroatoms. The van der Waals surface area contributed by atoms with Crippen LogP contribution in [-0.4, -0.2) is 25.0 Å². The Morgan fingerprint density at radius 3 is 2.92 bits per heavy atom. The maximum atomic E-state index is 9.85. The Kier molecular flexibility index (Phi) is 4.12. The summed E-state index contributed by atoms with van der Waals surface area (Å²) in [6, 6.07) is 5.38. The molecule has 65 valence electrons. The highest BCUT2D eigenvalue weighted by molar-refractivity contribution is 5.08. The summed E-state index contributed by atoms with van der Waals surface area (Å²) in [5.74, 6) is 0.548. The number of nitrogens with zero attached hydrogens (tertiary/aromatic N) is 1. The van der Waals surface area contributed by atoms with Crippen LogP contribution < -0.4 is 4.74 Å². The summed E-state index contributed by atoms with van der Waals surface area (Å²) >= 11 is 0. The second kappa shape index (κ2) is 5.51. The summed E-state index contributed by atoms with van der Waals surface area (Å²) in [6.07, 6.45) is 1.64. The van der Waals surface area contributed by atoms with Crippen LogP contribution in [0.15, 0.2) is 24.4 Å². The molecule has 0 unspecified atom stereocenters. The Morgan fingerprint density at radius 2 is 2.25 bits per heavy atom. The molecule has 0 saturated heterocycles. The molecule has 0 fully saturated rings. The van der Waals surface area contributed by atoms with Gasteiger partial charge >= 0.3 is 0 Å². The molecule has 0 aliphatic rings. The lowest BCUT2D eigenvalue weighted by atomic mass is 10.5.